The van der Waals surface area contributed by atoms with Gasteiger partial charge in [0.2, 0.25) is 0 Å². The van der Waals surface area contributed by atoms with E-state index in [-0.39, 0.29) is 29.6 Å². The number of ether oxygens (including phenoxy) is 1. The molecule has 0 bridgehead atoms. The van der Waals surface area contributed by atoms with Gasteiger partial charge in [0.15, 0.2) is 9.84 Å². The summed E-state index contributed by atoms with van der Waals surface area (Å²) in [4.78, 5) is 15.9. The summed E-state index contributed by atoms with van der Waals surface area (Å²) in [6.07, 6.45) is 0.872. The zero-order valence-corrected chi connectivity index (χ0v) is 12.3. The van der Waals surface area contributed by atoms with Gasteiger partial charge in [0, 0.05) is 26.2 Å². The van der Waals surface area contributed by atoms with Crippen LogP contribution in [0.15, 0.2) is 0 Å². The monoisotopic (exact) mass is 303 g/mol. The second-order valence-electron chi connectivity index (χ2n) is 5.70. The number of urea groups is 1. The van der Waals surface area contributed by atoms with Gasteiger partial charge in [-0.3, -0.25) is 4.90 Å². The first kappa shape index (κ1) is 14.1. The molecule has 114 valence electrons. The molecular formula is C12H21N3O4S. The Morgan fingerprint density at radius 1 is 1.20 bits per heavy atom. The van der Waals surface area contributed by atoms with E-state index in [1.54, 1.807) is 4.90 Å². The molecule has 0 aromatic heterocycles. The van der Waals surface area contributed by atoms with Crippen molar-refractivity contribution in [2.45, 2.75) is 18.5 Å². The first-order valence-corrected chi connectivity index (χ1v) is 8.95. The lowest BCUT2D eigenvalue weighted by Gasteiger charge is -2.28. The number of carbonyl (C=O) groups excluding carboxylic acids is 1. The van der Waals surface area contributed by atoms with Crippen LogP contribution in [0.25, 0.3) is 0 Å². The fourth-order valence-electron chi connectivity index (χ4n) is 3.22. The summed E-state index contributed by atoms with van der Waals surface area (Å²) in [6.45, 7) is 4.97. The number of rotatable bonds is 4. The molecule has 8 heteroatoms. The third-order valence-electron chi connectivity index (χ3n) is 4.27. The molecule has 2 amide bonds. The maximum absolute atomic E-state index is 11.9. The average molecular weight is 303 g/mol. The maximum Gasteiger partial charge on any atom is 0.318 e. The van der Waals surface area contributed by atoms with Gasteiger partial charge < -0.3 is 15.0 Å². The van der Waals surface area contributed by atoms with Gasteiger partial charge in [-0.2, -0.15) is 0 Å². The Morgan fingerprint density at radius 3 is 2.70 bits per heavy atom. The summed E-state index contributed by atoms with van der Waals surface area (Å²) in [5.41, 5.74) is 0. The van der Waals surface area contributed by atoms with Gasteiger partial charge in [-0.05, 0) is 6.42 Å². The Labute approximate surface area is 119 Å². The van der Waals surface area contributed by atoms with Crippen LogP contribution in [-0.4, -0.2) is 87.2 Å². The van der Waals surface area contributed by atoms with E-state index < -0.39 is 9.84 Å². The number of amides is 2. The molecule has 0 spiro atoms. The van der Waals surface area contributed by atoms with E-state index in [0.717, 1.165) is 39.3 Å². The van der Waals surface area contributed by atoms with Crippen molar-refractivity contribution in [2.75, 3.05) is 50.9 Å². The summed E-state index contributed by atoms with van der Waals surface area (Å²) < 4.78 is 28.5. The molecular weight excluding hydrogens is 282 g/mol. The minimum Gasteiger partial charge on any atom is -0.379 e. The van der Waals surface area contributed by atoms with Crippen molar-refractivity contribution >= 4 is 15.9 Å². The number of carbonyl (C=O) groups is 1. The van der Waals surface area contributed by atoms with Crippen molar-refractivity contribution in [2.24, 2.45) is 0 Å². The highest BCUT2D eigenvalue weighted by atomic mass is 32.2. The minimum atomic E-state index is -2.99. The standard InChI is InChI=1S/C12H21N3O4S/c16-12-13-10-8-20(17,18)9-11(10)15(12)3-1-2-14-4-6-19-7-5-14/h10-11H,1-9H2,(H,13,16)/t10-,11+/m0/s1. The van der Waals surface area contributed by atoms with Crippen LogP contribution in [0.1, 0.15) is 6.42 Å². The van der Waals surface area contributed by atoms with Crippen molar-refractivity contribution in [1.29, 1.82) is 0 Å². The Balaban J connectivity index is 1.50. The molecule has 0 aliphatic carbocycles. The van der Waals surface area contributed by atoms with Gasteiger partial charge in [-0.1, -0.05) is 0 Å². The normalized spacial score (nSPS) is 33.2. The number of nitrogens with one attached hydrogen (secondary N) is 1. The molecule has 1 N–H and O–H groups in total. The first-order chi connectivity index (χ1) is 9.55. The molecule has 20 heavy (non-hydrogen) atoms. The third kappa shape index (κ3) is 2.91. The Morgan fingerprint density at radius 2 is 1.95 bits per heavy atom. The van der Waals surface area contributed by atoms with Crippen molar-refractivity contribution < 1.29 is 17.9 Å². The summed E-state index contributed by atoms with van der Waals surface area (Å²) in [5.74, 6) is 0.192. The smallest absolute Gasteiger partial charge is 0.318 e. The molecule has 3 rings (SSSR count). The van der Waals surface area contributed by atoms with Crippen LogP contribution in [0, 0.1) is 0 Å². The van der Waals surface area contributed by atoms with Crippen LogP contribution < -0.4 is 5.32 Å². The first-order valence-electron chi connectivity index (χ1n) is 7.13. The van der Waals surface area contributed by atoms with E-state index in [4.69, 9.17) is 4.74 Å². The van der Waals surface area contributed by atoms with E-state index in [1.807, 2.05) is 0 Å². The van der Waals surface area contributed by atoms with E-state index >= 15 is 0 Å². The fraction of sp³-hybridized carbons (Fsp3) is 0.917. The molecule has 0 aromatic carbocycles. The molecule has 3 fully saturated rings. The topological polar surface area (TPSA) is 79.0 Å². The molecule has 3 heterocycles. The predicted molar refractivity (Wildman–Crippen MR) is 73.3 cm³/mol. The number of hydrogen-bond donors (Lipinski definition) is 1. The van der Waals surface area contributed by atoms with Crippen LogP contribution in [-0.2, 0) is 14.6 Å². The maximum atomic E-state index is 11.9. The van der Waals surface area contributed by atoms with Crippen LogP contribution in [0.2, 0.25) is 0 Å². The molecule has 0 aromatic rings. The second-order valence-corrected chi connectivity index (χ2v) is 7.86. The predicted octanol–water partition coefficient (Wildman–Crippen LogP) is -1.10. The van der Waals surface area contributed by atoms with E-state index in [0.29, 0.717) is 6.54 Å². The van der Waals surface area contributed by atoms with Gasteiger partial charge in [0.25, 0.3) is 0 Å². The molecule has 0 unspecified atom stereocenters. The zero-order valence-electron chi connectivity index (χ0n) is 11.5. The molecule has 0 radical (unpaired) electrons. The fourth-order valence-corrected chi connectivity index (χ4v) is 5.14. The summed E-state index contributed by atoms with van der Waals surface area (Å²) in [6, 6.07) is -0.495. The Kier molecular flexibility index (Phi) is 3.87. The summed E-state index contributed by atoms with van der Waals surface area (Å²) >= 11 is 0. The number of sulfone groups is 1. The number of morpholine rings is 1. The highest BCUT2D eigenvalue weighted by Gasteiger charge is 2.48. The molecule has 0 saturated carbocycles. The van der Waals surface area contributed by atoms with Crippen molar-refractivity contribution in [1.82, 2.24) is 15.1 Å². The average Bonchev–Trinajstić information content (AvgIpc) is 2.83. The molecule has 3 saturated heterocycles. The van der Waals surface area contributed by atoms with Crippen molar-refractivity contribution in [3.05, 3.63) is 0 Å². The highest BCUT2D eigenvalue weighted by Crippen LogP contribution is 2.24. The number of hydrogen-bond acceptors (Lipinski definition) is 5. The Bertz CT molecular complexity index is 475. The lowest BCUT2D eigenvalue weighted by atomic mass is 10.2. The van der Waals surface area contributed by atoms with Crippen molar-refractivity contribution in [3.8, 4) is 0 Å². The van der Waals surface area contributed by atoms with Crippen LogP contribution >= 0.6 is 0 Å². The van der Waals surface area contributed by atoms with Crippen LogP contribution in [0.5, 0.6) is 0 Å². The minimum absolute atomic E-state index is 0.0867. The van der Waals surface area contributed by atoms with Crippen molar-refractivity contribution in [3.63, 3.8) is 0 Å². The lowest BCUT2D eigenvalue weighted by molar-refractivity contribution is 0.0364. The lowest BCUT2D eigenvalue weighted by Crippen LogP contribution is -2.41. The van der Waals surface area contributed by atoms with Gasteiger partial charge in [-0.25, -0.2) is 13.2 Å². The molecule has 2 atom stereocenters. The number of fused-ring (bicyclic) bond motifs is 1. The highest BCUT2D eigenvalue weighted by molar-refractivity contribution is 7.91. The SMILES string of the molecule is O=C1N[C@H]2CS(=O)(=O)C[C@H]2N1CCCN1CCOCC1. The van der Waals surface area contributed by atoms with Crippen LogP contribution in [0.3, 0.4) is 0 Å². The Hall–Kier alpha value is -0.860. The van der Waals surface area contributed by atoms with E-state index in [1.165, 1.54) is 0 Å². The second kappa shape index (κ2) is 5.50. The number of nitrogens with zero attached hydrogens (tertiary/aromatic N) is 2. The quantitative estimate of drug-likeness (QED) is 0.667. The largest absolute Gasteiger partial charge is 0.379 e. The zero-order chi connectivity index (χ0) is 14.2. The third-order valence-corrected chi connectivity index (χ3v) is 5.99. The van der Waals surface area contributed by atoms with Gasteiger partial charge in [-0.15, -0.1) is 0 Å². The van der Waals surface area contributed by atoms with E-state index in [2.05, 4.69) is 10.2 Å². The molecule has 3 aliphatic rings. The van der Waals surface area contributed by atoms with Gasteiger partial charge in [0.1, 0.15) is 0 Å². The van der Waals surface area contributed by atoms with Crippen LogP contribution in [0.4, 0.5) is 4.79 Å². The molecule has 7 nitrogen and oxygen atoms in total. The van der Waals surface area contributed by atoms with Gasteiger partial charge in [0.05, 0.1) is 36.8 Å². The summed E-state index contributed by atoms with van der Waals surface area (Å²) in [5, 5.41) is 2.78. The van der Waals surface area contributed by atoms with Gasteiger partial charge >= 0.3 is 6.03 Å². The van der Waals surface area contributed by atoms with E-state index in [9.17, 15) is 13.2 Å². The molecule has 3 aliphatic heterocycles. The summed E-state index contributed by atoms with van der Waals surface area (Å²) in [7, 11) is -2.99.